The van der Waals surface area contributed by atoms with Crippen LogP contribution in [0.4, 0.5) is 0 Å². The van der Waals surface area contributed by atoms with Gasteiger partial charge in [0.2, 0.25) is 0 Å². The fraction of sp³-hybridized carbons (Fsp3) is 0.308. The fourth-order valence-corrected chi connectivity index (χ4v) is 5.64. The maximum absolute atomic E-state index is 12.1. The number of thioether (sulfide) groups is 1. The van der Waals surface area contributed by atoms with Gasteiger partial charge in [-0.3, -0.25) is 4.79 Å². The van der Waals surface area contributed by atoms with Crippen molar-refractivity contribution < 1.29 is 4.79 Å². The molecule has 0 radical (unpaired) electrons. The molecular formula is C13H12BrNOS3. The first kappa shape index (κ1) is 13.7. The molecule has 1 amide bonds. The van der Waals surface area contributed by atoms with Gasteiger partial charge in [-0.05, 0) is 45.8 Å². The van der Waals surface area contributed by atoms with Crippen LogP contribution in [0.1, 0.15) is 25.0 Å². The highest BCUT2D eigenvalue weighted by Gasteiger charge is 2.17. The van der Waals surface area contributed by atoms with E-state index < -0.39 is 0 Å². The van der Waals surface area contributed by atoms with Gasteiger partial charge in [0.25, 0.3) is 5.91 Å². The number of amides is 1. The third-order valence-corrected chi connectivity index (χ3v) is 6.84. The maximum Gasteiger partial charge on any atom is 0.261 e. The Kier molecular flexibility index (Phi) is 4.31. The Morgan fingerprint density at radius 3 is 3.05 bits per heavy atom. The van der Waals surface area contributed by atoms with Crippen molar-refractivity contribution in [1.29, 1.82) is 0 Å². The lowest BCUT2D eigenvalue weighted by molar-refractivity contribution is 0.0955. The van der Waals surface area contributed by atoms with Crippen molar-refractivity contribution in [3.05, 3.63) is 42.2 Å². The predicted octanol–water partition coefficient (Wildman–Crippen LogP) is 4.29. The topological polar surface area (TPSA) is 29.1 Å². The Hall–Kier alpha value is -0.300. The van der Waals surface area contributed by atoms with Crippen LogP contribution in [0.15, 0.2) is 22.0 Å². The number of aryl methyl sites for hydroxylation is 1. The molecule has 0 spiro atoms. The smallest absolute Gasteiger partial charge is 0.261 e. The van der Waals surface area contributed by atoms with Crippen molar-refractivity contribution in [2.45, 2.75) is 18.7 Å². The SMILES string of the molecule is O=C(NCc1cc(Br)cs1)c1cc2c(s1)CCSC2. The van der Waals surface area contributed by atoms with Crippen molar-refractivity contribution >= 4 is 56.3 Å². The van der Waals surface area contributed by atoms with Gasteiger partial charge in [-0.15, -0.1) is 22.7 Å². The van der Waals surface area contributed by atoms with E-state index in [1.54, 1.807) is 22.7 Å². The molecule has 1 aliphatic heterocycles. The van der Waals surface area contributed by atoms with Crippen LogP contribution in [0.25, 0.3) is 0 Å². The molecule has 19 heavy (non-hydrogen) atoms. The molecule has 3 rings (SSSR count). The number of fused-ring (bicyclic) bond motifs is 1. The Labute approximate surface area is 132 Å². The van der Waals surface area contributed by atoms with E-state index in [0.717, 1.165) is 26.4 Å². The van der Waals surface area contributed by atoms with E-state index in [1.807, 2.05) is 23.2 Å². The molecule has 1 N–H and O–H groups in total. The Morgan fingerprint density at radius 2 is 2.32 bits per heavy atom. The number of hydrogen-bond donors (Lipinski definition) is 1. The second-order valence-corrected chi connectivity index (χ2v) is 8.43. The highest BCUT2D eigenvalue weighted by Crippen LogP contribution is 2.31. The van der Waals surface area contributed by atoms with E-state index in [9.17, 15) is 4.79 Å². The van der Waals surface area contributed by atoms with Crippen molar-refractivity contribution in [1.82, 2.24) is 5.32 Å². The molecule has 0 unspecified atom stereocenters. The summed E-state index contributed by atoms with van der Waals surface area (Å²) in [5.41, 5.74) is 1.35. The van der Waals surface area contributed by atoms with Crippen LogP contribution >= 0.6 is 50.4 Å². The summed E-state index contributed by atoms with van der Waals surface area (Å²) in [5, 5.41) is 5.02. The summed E-state index contributed by atoms with van der Waals surface area (Å²) >= 11 is 8.67. The summed E-state index contributed by atoms with van der Waals surface area (Å²) in [6.45, 7) is 0.604. The Balaban J connectivity index is 1.65. The van der Waals surface area contributed by atoms with Crippen LogP contribution < -0.4 is 5.32 Å². The van der Waals surface area contributed by atoms with E-state index in [0.29, 0.717) is 6.54 Å². The Bertz CT molecular complexity index is 581. The zero-order valence-electron chi connectivity index (χ0n) is 10.1. The van der Waals surface area contributed by atoms with Crippen LogP contribution in [0, 0.1) is 0 Å². The number of nitrogens with one attached hydrogen (secondary N) is 1. The van der Waals surface area contributed by atoms with Gasteiger partial charge in [0.05, 0.1) is 11.4 Å². The highest BCUT2D eigenvalue weighted by molar-refractivity contribution is 9.10. The summed E-state index contributed by atoms with van der Waals surface area (Å²) in [6.07, 6.45) is 1.11. The first-order valence-electron chi connectivity index (χ1n) is 5.93. The minimum absolute atomic E-state index is 0.0499. The monoisotopic (exact) mass is 373 g/mol. The van der Waals surface area contributed by atoms with Crippen molar-refractivity contribution in [3.63, 3.8) is 0 Å². The average Bonchev–Trinajstić information content (AvgIpc) is 3.01. The first-order valence-corrected chi connectivity index (χ1v) is 9.57. The molecule has 0 aliphatic carbocycles. The third kappa shape index (κ3) is 3.24. The van der Waals surface area contributed by atoms with Gasteiger partial charge < -0.3 is 5.32 Å². The molecule has 0 saturated carbocycles. The average molecular weight is 374 g/mol. The molecular weight excluding hydrogens is 362 g/mol. The zero-order valence-corrected chi connectivity index (χ0v) is 14.1. The molecule has 0 bridgehead atoms. The number of rotatable bonds is 3. The molecule has 0 fully saturated rings. The largest absolute Gasteiger partial charge is 0.346 e. The molecule has 2 nitrogen and oxygen atoms in total. The second-order valence-electron chi connectivity index (χ2n) is 4.28. The van der Waals surface area contributed by atoms with Crippen molar-refractivity contribution in [2.75, 3.05) is 5.75 Å². The lowest BCUT2D eigenvalue weighted by Gasteiger charge is -2.08. The van der Waals surface area contributed by atoms with E-state index in [-0.39, 0.29) is 5.91 Å². The predicted molar refractivity (Wildman–Crippen MR) is 87.4 cm³/mol. The molecule has 6 heteroatoms. The number of carbonyl (C=O) groups is 1. The first-order chi connectivity index (χ1) is 9.22. The van der Waals surface area contributed by atoms with Gasteiger partial charge in [0.1, 0.15) is 0 Å². The Morgan fingerprint density at radius 1 is 1.42 bits per heavy atom. The highest BCUT2D eigenvalue weighted by atomic mass is 79.9. The number of thiophene rings is 2. The lowest BCUT2D eigenvalue weighted by atomic mass is 10.2. The maximum atomic E-state index is 12.1. The molecule has 3 heterocycles. The van der Waals surface area contributed by atoms with Gasteiger partial charge >= 0.3 is 0 Å². The van der Waals surface area contributed by atoms with E-state index in [2.05, 4.69) is 27.3 Å². The molecule has 2 aromatic rings. The van der Waals surface area contributed by atoms with Crippen LogP contribution in [-0.2, 0) is 18.7 Å². The number of hydrogen-bond acceptors (Lipinski definition) is 4. The molecule has 1 aliphatic rings. The molecule has 100 valence electrons. The fourth-order valence-electron chi connectivity index (χ4n) is 1.96. The normalized spacial score (nSPS) is 14.2. The van der Waals surface area contributed by atoms with Gasteiger partial charge in [-0.2, -0.15) is 11.8 Å². The van der Waals surface area contributed by atoms with E-state index in [1.165, 1.54) is 16.2 Å². The summed E-state index contributed by atoms with van der Waals surface area (Å²) in [4.78, 5) is 15.5. The van der Waals surface area contributed by atoms with Crippen LogP contribution in [0.2, 0.25) is 0 Å². The minimum atomic E-state index is 0.0499. The van der Waals surface area contributed by atoms with Gasteiger partial charge in [0, 0.05) is 25.4 Å². The second kappa shape index (κ2) is 5.99. The van der Waals surface area contributed by atoms with E-state index >= 15 is 0 Å². The van der Waals surface area contributed by atoms with Gasteiger partial charge in [0.15, 0.2) is 0 Å². The minimum Gasteiger partial charge on any atom is -0.346 e. The molecule has 2 aromatic heterocycles. The summed E-state index contributed by atoms with van der Waals surface area (Å²) in [5.74, 6) is 2.28. The van der Waals surface area contributed by atoms with Gasteiger partial charge in [-0.1, -0.05) is 0 Å². The summed E-state index contributed by atoms with van der Waals surface area (Å²) < 4.78 is 1.07. The number of halogens is 1. The number of carbonyl (C=O) groups excluding carboxylic acids is 1. The quantitative estimate of drug-likeness (QED) is 0.868. The standard InChI is InChI=1S/C13H12BrNOS3/c14-9-4-10(18-7-9)5-15-13(16)12-3-8-6-17-2-1-11(8)19-12/h3-4,7H,1-2,5-6H2,(H,15,16). The van der Waals surface area contributed by atoms with Crippen molar-refractivity contribution in [2.24, 2.45) is 0 Å². The third-order valence-electron chi connectivity index (χ3n) is 2.90. The van der Waals surface area contributed by atoms with Crippen LogP contribution in [0.5, 0.6) is 0 Å². The zero-order chi connectivity index (χ0) is 13.2. The van der Waals surface area contributed by atoms with Crippen LogP contribution in [0.3, 0.4) is 0 Å². The summed E-state index contributed by atoms with van der Waals surface area (Å²) in [7, 11) is 0. The molecule has 0 aromatic carbocycles. The molecule has 0 saturated heterocycles. The van der Waals surface area contributed by atoms with E-state index in [4.69, 9.17) is 0 Å². The van der Waals surface area contributed by atoms with Crippen molar-refractivity contribution in [3.8, 4) is 0 Å². The lowest BCUT2D eigenvalue weighted by Crippen LogP contribution is -2.21. The van der Waals surface area contributed by atoms with Crippen LogP contribution in [-0.4, -0.2) is 11.7 Å². The summed E-state index contributed by atoms with van der Waals surface area (Å²) in [6, 6.07) is 4.10. The van der Waals surface area contributed by atoms with Gasteiger partial charge in [-0.25, -0.2) is 0 Å². The molecule has 0 atom stereocenters.